The third kappa shape index (κ3) is 2.99. The van der Waals surface area contributed by atoms with Crippen molar-refractivity contribution in [2.75, 3.05) is 24.6 Å². The minimum atomic E-state index is -0.0577. The second kappa shape index (κ2) is 6.67. The molecule has 5 heteroatoms. The number of piperidine rings is 1. The topological polar surface area (TPSA) is 41.6 Å². The zero-order valence-electron chi connectivity index (χ0n) is 13.6. The average molecular weight is 342 g/mol. The van der Waals surface area contributed by atoms with Crippen LogP contribution in [0.3, 0.4) is 0 Å². The molecule has 1 aromatic carbocycles. The number of ether oxygens (including phenoxy) is 1. The van der Waals surface area contributed by atoms with Gasteiger partial charge in [-0.3, -0.25) is 4.79 Å². The molecule has 3 heterocycles. The number of benzene rings is 1. The third-order valence-corrected chi connectivity index (χ3v) is 5.77. The predicted octanol–water partition coefficient (Wildman–Crippen LogP) is 3.31. The van der Waals surface area contributed by atoms with Gasteiger partial charge in [-0.2, -0.15) is 11.3 Å². The van der Waals surface area contributed by atoms with Gasteiger partial charge in [0.05, 0.1) is 23.8 Å². The lowest BCUT2D eigenvalue weighted by Crippen LogP contribution is -2.44. The lowest BCUT2D eigenvalue weighted by atomic mass is 9.87. The van der Waals surface area contributed by atoms with Crippen LogP contribution in [0.1, 0.15) is 29.6 Å². The van der Waals surface area contributed by atoms with E-state index in [1.54, 1.807) is 11.3 Å². The maximum Gasteiger partial charge on any atom is 0.259 e. The van der Waals surface area contributed by atoms with E-state index in [2.05, 4.69) is 5.32 Å². The van der Waals surface area contributed by atoms with E-state index in [1.165, 1.54) is 0 Å². The average Bonchev–Trinajstić information content (AvgIpc) is 3.28. The van der Waals surface area contributed by atoms with Crippen LogP contribution in [0.5, 0.6) is 0 Å². The van der Waals surface area contributed by atoms with Crippen LogP contribution in [0.2, 0.25) is 0 Å². The van der Waals surface area contributed by atoms with Crippen molar-refractivity contribution < 1.29 is 9.53 Å². The highest BCUT2D eigenvalue weighted by Crippen LogP contribution is 2.38. The zero-order valence-corrected chi connectivity index (χ0v) is 14.4. The van der Waals surface area contributed by atoms with Gasteiger partial charge in [-0.1, -0.05) is 18.2 Å². The Hall–Kier alpha value is -1.69. The summed E-state index contributed by atoms with van der Waals surface area (Å²) in [6.07, 6.45) is 2.97. The van der Waals surface area contributed by atoms with Crippen LogP contribution in [0.4, 0.5) is 5.69 Å². The molecule has 2 aliphatic rings. The van der Waals surface area contributed by atoms with E-state index in [0.29, 0.717) is 6.61 Å². The second-order valence-corrected chi connectivity index (χ2v) is 7.40. The molecule has 0 saturated carbocycles. The monoisotopic (exact) mass is 342 g/mol. The normalized spacial score (nSPS) is 22.6. The minimum Gasteiger partial charge on any atom is -0.373 e. The Bertz CT molecular complexity index is 681. The SMILES string of the molecule is O=C(c1ccsc1)N(c1ccccc1)[C@H]1COC2(CCNCC2)C1. The van der Waals surface area contributed by atoms with Gasteiger partial charge in [-0.25, -0.2) is 0 Å². The van der Waals surface area contributed by atoms with E-state index in [-0.39, 0.29) is 17.6 Å². The van der Waals surface area contributed by atoms with Crippen LogP contribution in [0, 0.1) is 0 Å². The molecule has 0 aliphatic carbocycles. The molecular formula is C19H22N2O2S. The maximum atomic E-state index is 13.1. The van der Waals surface area contributed by atoms with Crippen molar-refractivity contribution in [1.29, 1.82) is 0 Å². The molecule has 1 N–H and O–H groups in total. The quantitative estimate of drug-likeness (QED) is 0.930. The van der Waals surface area contributed by atoms with Crippen molar-refractivity contribution in [3.63, 3.8) is 0 Å². The van der Waals surface area contributed by atoms with E-state index >= 15 is 0 Å². The molecule has 2 aromatic rings. The first-order valence-corrected chi connectivity index (χ1v) is 9.47. The summed E-state index contributed by atoms with van der Waals surface area (Å²) in [7, 11) is 0. The Morgan fingerprint density at radius 2 is 2.00 bits per heavy atom. The van der Waals surface area contributed by atoms with Crippen molar-refractivity contribution in [2.45, 2.75) is 30.9 Å². The molecule has 0 unspecified atom stereocenters. The molecule has 1 atom stereocenters. The third-order valence-electron chi connectivity index (χ3n) is 5.09. The van der Waals surface area contributed by atoms with Gasteiger partial charge in [0.2, 0.25) is 0 Å². The number of amides is 1. The molecule has 2 aliphatic heterocycles. The van der Waals surface area contributed by atoms with Crippen molar-refractivity contribution in [3.05, 3.63) is 52.7 Å². The lowest BCUT2D eigenvalue weighted by Gasteiger charge is -2.34. The first-order chi connectivity index (χ1) is 11.8. The Kier molecular flexibility index (Phi) is 4.39. The summed E-state index contributed by atoms with van der Waals surface area (Å²) in [5.41, 5.74) is 1.65. The Balaban J connectivity index is 1.62. The van der Waals surface area contributed by atoms with Crippen LogP contribution >= 0.6 is 11.3 Å². The molecule has 2 saturated heterocycles. The van der Waals surface area contributed by atoms with Crippen LogP contribution in [0.25, 0.3) is 0 Å². The van der Waals surface area contributed by atoms with E-state index in [4.69, 9.17) is 4.74 Å². The standard InChI is InChI=1S/C19H22N2O2S/c22-18(15-6-11-24-14-15)21(16-4-2-1-3-5-16)17-12-19(23-13-17)7-9-20-10-8-19/h1-6,11,14,17,20H,7-10,12-13H2/t17-/m1/s1. The molecule has 1 spiro atoms. The van der Waals surface area contributed by atoms with Crippen LogP contribution in [-0.4, -0.2) is 37.2 Å². The summed E-state index contributed by atoms with van der Waals surface area (Å²) in [4.78, 5) is 15.1. The molecule has 1 amide bonds. The summed E-state index contributed by atoms with van der Waals surface area (Å²) in [5.74, 6) is 0.0713. The van der Waals surface area contributed by atoms with E-state index in [1.807, 2.05) is 52.1 Å². The molecular weight excluding hydrogens is 320 g/mol. The summed E-state index contributed by atoms with van der Waals surface area (Å²) in [6.45, 7) is 2.61. The van der Waals surface area contributed by atoms with Gasteiger partial charge < -0.3 is 15.0 Å². The maximum absolute atomic E-state index is 13.1. The Morgan fingerprint density at radius 1 is 1.21 bits per heavy atom. The van der Waals surface area contributed by atoms with Gasteiger partial charge >= 0.3 is 0 Å². The Morgan fingerprint density at radius 3 is 2.71 bits per heavy atom. The molecule has 2 fully saturated rings. The largest absolute Gasteiger partial charge is 0.373 e. The molecule has 24 heavy (non-hydrogen) atoms. The fraction of sp³-hybridized carbons (Fsp3) is 0.421. The number of anilines is 1. The number of nitrogens with zero attached hydrogens (tertiary/aromatic N) is 1. The molecule has 0 bridgehead atoms. The molecule has 0 radical (unpaired) electrons. The van der Waals surface area contributed by atoms with Crippen LogP contribution in [0.15, 0.2) is 47.2 Å². The van der Waals surface area contributed by atoms with Gasteiger partial charge in [0.1, 0.15) is 0 Å². The van der Waals surface area contributed by atoms with Gasteiger partial charge in [-0.05, 0) is 55.9 Å². The number of para-hydroxylation sites is 1. The number of rotatable bonds is 3. The molecule has 4 rings (SSSR count). The summed E-state index contributed by atoms with van der Waals surface area (Å²) >= 11 is 1.56. The van der Waals surface area contributed by atoms with E-state index in [9.17, 15) is 4.79 Å². The van der Waals surface area contributed by atoms with Gasteiger partial charge in [-0.15, -0.1) is 0 Å². The lowest BCUT2D eigenvalue weighted by molar-refractivity contribution is -0.0193. The van der Waals surface area contributed by atoms with Gasteiger partial charge in [0.25, 0.3) is 5.91 Å². The van der Waals surface area contributed by atoms with Crippen molar-refractivity contribution >= 4 is 22.9 Å². The summed E-state index contributed by atoms with van der Waals surface area (Å²) in [5, 5.41) is 7.28. The zero-order chi connectivity index (χ0) is 16.4. The number of carbonyl (C=O) groups is 1. The number of carbonyl (C=O) groups excluding carboxylic acids is 1. The number of hydrogen-bond acceptors (Lipinski definition) is 4. The first kappa shape index (κ1) is 15.8. The highest BCUT2D eigenvalue weighted by molar-refractivity contribution is 7.08. The Labute approximate surface area is 146 Å². The fourth-order valence-electron chi connectivity index (χ4n) is 3.82. The summed E-state index contributed by atoms with van der Waals surface area (Å²) in [6, 6.07) is 12.0. The van der Waals surface area contributed by atoms with Crippen molar-refractivity contribution in [3.8, 4) is 0 Å². The minimum absolute atomic E-state index is 0.0577. The molecule has 1 aromatic heterocycles. The first-order valence-electron chi connectivity index (χ1n) is 8.53. The summed E-state index contributed by atoms with van der Waals surface area (Å²) < 4.78 is 6.23. The van der Waals surface area contributed by atoms with Crippen LogP contribution < -0.4 is 10.2 Å². The van der Waals surface area contributed by atoms with Crippen LogP contribution in [-0.2, 0) is 4.74 Å². The number of hydrogen-bond donors (Lipinski definition) is 1. The van der Waals surface area contributed by atoms with Gasteiger partial charge in [0.15, 0.2) is 0 Å². The van der Waals surface area contributed by atoms with Gasteiger partial charge in [0, 0.05) is 11.1 Å². The molecule has 126 valence electrons. The van der Waals surface area contributed by atoms with E-state index in [0.717, 1.165) is 43.6 Å². The fourth-order valence-corrected chi connectivity index (χ4v) is 4.45. The highest BCUT2D eigenvalue weighted by atomic mass is 32.1. The number of thiophene rings is 1. The number of nitrogens with one attached hydrogen (secondary N) is 1. The molecule has 4 nitrogen and oxygen atoms in total. The van der Waals surface area contributed by atoms with Crippen molar-refractivity contribution in [2.24, 2.45) is 0 Å². The smallest absolute Gasteiger partial charge is 0.259 e. The highest BCUT2D eigenvalue weighted by Gasteiger charge is 2.44. The van der Waals surface area contributed by atoms with Crippen molar-refractivity contribution in [1.82, 2.24) is 5.32 Å². The second-order valence-electron chi connectivity index (χ2n) is 6.62. The predicted molar refractivity (Wildman–Crippen MR) is 96.8 cm³/mol. The van der Waals surface area contributed by atoms with E-state index < -0.39 is 0 Å².